The van der Waals surface area contributed by atoms with Crippen LogP contribution in [-0.2, 0) is 10.0 Å². The van der Waals surface area contributed by atoms with Crippen LogP contribution in [0.2, 0.25) is 5.02 Å². The van der Waals surface area contributed by atoms with Gasteiger partial charge in [-0.3, -0.25) is 9.10 Å². The minimum absolute atomic E-state index is 0.210. The molecule has 1 N–H and O–H groups in total. The summed E-state index contributed by atoms with van der Waals surface area (Å²) in [6.45, 7) is 3.63. The first kappa shape index (κ1) is 20.9. The highest BCUT2D eigenvalue weighted by molar-refractivity contribution is 7.92. The van der Waals surface area contributed by atoms with Crippen molar-refractivity contribution < 1.29 is 13.2 Å². The lowest BCUT2D eigenvalue weighted by atomic mass is 10.1. The molecule has 0 aliphatic rings. The second-order valence-corrected chi connectivity index (χ2v) is 9.11. The largest absolute Gasteiger partial charge is 0.322 e. The maximum absolute atomic E-state index is 12.8. The van der Waals surface area contributed by atoms with Crippen LogP contribution in [-0.4, -0.2) is 21.4 Å². The van der Waals surface area contributed by atoms with Crippen molar-refractivity contribution in [2.24, 2.45) is 0 Å². The Bertz CT molecular complexity index is 1160. The smallest absolute Gasteiger partial charge is 0.264 e. The molecule has 3 aromatic carbocycles. The molecule has 0 aliphatic carbocycles. The zero-order valence-corrected chi connectivity index (χ0v) is 17.9. The number of rotatable bonds is 5. The van der Waals surface area contributed by atoms with Gasteiger partial charge in [-0.2, -0.15) is 0 Å². The van der Waals surface area contributed by atoms with Gasteiger partial charge in [0.15, 0.2) is 0 Å². The van der Waals surface area contributed by atoms with E-state index in [0.717, 1.165) is 5.56 Å². The highest BCUT2D eigenvalue weighted by Gasteiger charge is 2.22. The number of amides is 1. The molecule has 0 spiro atoms. The van der Waals surface area contributed by atoms with Crippen molar-refractivity contribution in [2.45, 2.75) is 18.7 Å². The fraction of sp³-hybridized carbons (Fsp3) is 0.136. The van der Waals surface area contributed by atoms with E-state index in [1.165, 1.54) is 11.4 Å². The Kier molecular flexibility index (Phi) is 5.96. The summed E-state index contributed by atoms with van der Waals surface area (Å²) < 4.78 is 26.9. The quantitative estimate of drug-likeness (QED) is 0.619. The van der Waals surface area contributed by atoms with Crippen LogP contribution in [0.15, 0.2) is 71.6 Å². The third-order valence-corrected chi connectivity index (χ3v) is 6.66. The van der Waals surface area contributed by atoms with Gasteiger partial charge in [0.2, 0.25) is 0 Å². The Labute approximate surface area is 176 Å². The normalized spacial score (nSPS) is 11.2. The minimum Gasteiger partial charge on any atom is -0.322 e. The van der Waals surface area contributed by atoms with Gasteiger partial charge in [0.25, 0.3) is 15.9 Å². The van der Waals surface area contributed by atoms with E-state index in [0.29, 0.717) is 27.5 Å². The fourth-order valence-corrected chi connectivity index (χ4v) is 4.50. The zero-order chi connectivity index (χ0) is 21.2. The van der Waals surface area contributed by atoms with Gasteiger partial charge in [-0.15, -0.1) is 0 Å². The molecule has 3 rings (SSSR count). The average molecular weight is 429 g/mol. The first-order valence-electron chi connectivity index (χ1n) is 8.92. The summed E-state index contributed by atoms with van der Waals surface area (Å²) in [5, 5.41) is 3.46. The summed E-state index contributed by atoms with van der Waals surface area (Å²) in [7, 11) is -2.18. The lowest BCUT2D eigenvalue weighted by Crippen LogP contribution is -2.27. The molecule has 7 heteroatoms. The van der Waals surface area contributed by atoms with Crippen LogP contribution in [0.1, 0.15) is 21.5 Å². The molecule has 0 unspecified atom stereocenters. The van der Waals surface area contributed by atoms with Crippen molar-refractivity contribution in [3.05, 3.63) is 88.4 Å². The highest BCUT2D eigenvalue weighted by atomic mass is 35.5. The summed E-state index contributed by atoms with van der Waals surface area (Å²) in [5.74, 6) is -0.279. The predicted octanol–water partition coefficient (Wildman–Crippen LogP) is 5.03. The number of nitrogens with one attached hydrogen (secondary N) is 1. The molecular weight excluding hydrogens is 408 g/mol. The van der Waals surface area contributed by atoms with E-state index in [2.05, 4.69) is 5.32 Å². The Morgan fingerprint density at radius 1 is 0.931 bits per heavy atom. The highest BCUT2D eigenvalue weighted by Crippen LogP contribution is 2.27. The molecule has 0 aromatic heterocycles. The zero-order valence-electron chi connectivity index (χ0n) is 16.3. The maximum Gasteiger partial charge on any atom is 0.264 e. The van der Waals surface area contributed by atoms with E-state index in [1.807, 2.05) is 6.92 Å². The molecule has 29 heavy (non-hydrogen) atoms. The molecule has 0 saturated carbocycles. The van der Waals surface area contributed by atoms with Gasteiger partial charge in [0.1, 0.15) is 0 Å². The van der Waals surface area contributed by atoms with E-state index in [9.17, 15) is 13.2 Å². The van der Waals surface area contributed by atoms with Crippen LogP contribution in [0.25, 0.3) is 0 Å². The predicted molar refractivity (Wildman–Crippen MR) is 117 cm³/mol. The van der Waals surface area contributed by atoms with Crippen molar-refractivity contribution in [2.75, 3.05) is 16.7 Å². The van der Waals surface area contributed by atoms with Gasteiger partial charge in [0.05, 0.1) is 10.6 Å². The molecule has 3 aromatic rings. The Balaban J connectivity index is 1.85. The molecule has 150 valence electrons. The summed E-state index contributed by atoms with van der Waals surface area (Å²) in [6, 6.07) is 18.4. The molecule has 0 heterocycles. The number of carbonyl (C=O) groups excluding carboxylic acids is 1. The molecule has 0 bridgehead atoms. The van der Waals surface area contributed by atoms with E-state index < -0.39 is 10.0 Å². The Hall–Kier alpha value is -2.83. The molecule has 0 aliphatic heterocycles. The van der Waals surface area contributed by atoms with Crippen LogP contribution in [0.5, 0.6) is 0 Å². The second kappa shape index (κ2) is 8.27. The standard InChI is InChI=1S/C22H21ClN2O3S/c1-15-14-18(23)10-11-20(15)24-22(26)17-9-12-21(16(2)13-17)25(3)29(27,28)19-7-5-4-6-8-19/h4-14H,1-3H3,(H,24,26). The molecule has 0 fully saturated rings. The van der Waals surface area contributed by atoms with Crippen LogP contribution in [0, 0.1) is 13.8 Å². The van der Waals surface area contributed by atoms with Crippen molar-refractivity contribution in [1.29, 1.82) is 0 Å². The van der Waals surface area contributed by atoms with Crippen LogP contribution < -0.4 is 9.62 Å². The van der Waals surface area contributed by atoms with Crippen molar-refractivity contribution in [3.8, 4) is 0 Å². The first-order valence-corrected chi connectivity index (χ1v) is 10.7. The number of carbonyl (C=O) groups is 1. The molecule has 5 nitrogen and oxygen atoms in total. The molecule has 0 radical (unpaired) electrons. The average Bonchev–Trinajstić information content (AvgIpc) is 2.70. The monoisotopic (exact) mass is 428 g/mol. The van der Waals surface area contributed by atoms with Gasteiger partial charge in [-0.05, 0) is 73.5 Å². The summed E-state index contributed by atoms with van der Waals surface area (Å²) in [5.41, 5.74) is 3.14. The molecule has 1 amide bonds. The van der Waals surface area contributed by atoms with E-state index in [-0.39, 0.29) is 10.8 Å². The molecule has 0 atom stereocenters. The Morgan fingerprint density at radius 3 is 2.24 bits per heavy atom. The van der Waals surface area contributed by atoms with Crippen LogP contribution in [0.3, 0.4) is 0 Å². The number of nitrogens with zero attached hydrogens (tertiary/aromatic N) is 1. The number of anilines is 2. The maximum atomic E-state index is 12.8. The van der Waals surface area contributed by atoms with Gasteiger partial charge < -0.3 is 5.32 Å². The lowest BCUT2D eigenvalue weighted by molar-refractivity contribution is 0.102. The van der Waals surface area contributed by atoms with Gasteiger partial charge >= 0.3 is 0 Å². The number of hydrogen-bond acceptors (Lipinski definition) is 3. The third-order valence-electron chi connectivity index (χ3n) is 4.64. The second-order valence-electron chi connectivity index (χ2n) is 6.70. The summed E-state index contributed by atoms with van der Waals surface area (Å²) >= 11 is 5.95. The van der Waals surface area contributed by atoms with Crippen LogP contribution >= 0.6 is 11.6 Å². The topological polar surface area (TPSA) is 66.5 Å². The lowest BCUT2D eigenvalue weighted by Gasteiger charge is -2.22. The number of sulfonamides is 1. The van der Waals surface area contributed by atoms with E-state index in [1.54, 1.807) is 73.7 Å². The van der Waals surface area contributed by atoms with Crippen molar-refractivity contribution in [3.63, 3.8) is 0 Å². The molecule has 0 saturated heterocycles. The van der Waals surface area contributed by atoms with Gasteiger partial charge in [0, 0.05) is 23.3 Å². The van der Waals surface area contributed by atoms with E-state index >= 15 is 0 Å². The number of halogens is 1. The Morgan fingerprint density at radius 2 is 1.62 bits per heavy atom. The van der Waals surface area contributed by atoms with Crippen molar-refractivity contribution >= 4 is 38.9 Å². The number of hydrogen-bond donors (Lipinski definition) is 1. The number of benzene rings is 3. The van der Waals surface area contributed by atoms with Crippen molar-refractivity contribution in [1.82, 2.24) is 0 Å². The van der Waals surface area contributed by atoms with E-state index in [4.69, 9.17) is 11.6 Å². The first-order chi connectivity index (χ1) is 13.7. The third kappa shape index (κ3) is 4.44. The molecular formula is C22H21ClN2O3S. The summed E-state index contributed by atoms with van der Waals surface area (Å²) in [6.07, 6.45) is 0. The van der Waals surface area contributed by atoms with Gasteiger partial charge in [-0.1, -0.05) is 29.8 Å². The van der Waals surface area contributed by atoms with Crippen LogP contribution in [0.4, 0.5) is 11.4 Å². The SMILES string of the molecule is Cc1cc(Cl)ccc1NC(=O)c1ccc(N(C)S(=O)(=O)c2ccccc2)c(C)c1. The minimum atomic E-state index is -3.69. The fourth-order valence-electron chi connectivity index (χ4n) is 2.99. The van der Waals surface area contributed by atoms with Gasteiger partial charge in [-0.25, -0.2) is 8.42 Å². The number of aryl methyl sites for hydroxylation is 2. The summed E-state index contributed by atoms with van der Waals surface area (Å²) in [4.78, 5) is 12.8.